The molecule has 3 rings (SSSR count). The van der Waals surface area contributed by atoms with Gasteiger partial charge < -0.3 is 9.88 Å². The maximum Gasteiger partial charge on any atom is 0.269 e. The average molecular weight is 411 g/mol. The van der Waals surface area contributed by atoms with E-state index in [0.717, 1.165) is 17.0 Å². The zero-order valence-electron chi connectivity index (χ0n) is 16.3. The van der Waals surface area contributed by atoms with Crippen LogP contribution in [0.3, 0.4) is 0 Å². The Labute approximate surface area is 172 Å². The normalized spacial score (nSPS) is 11.8. The summed E-state index contributed by atoms with van der Waals surface area (Å²) in [5.74, 6) is 0.549. The fraction of sp³-hybridized carbons (Fsp3) is 0.250. The van der Waals surface area contributed by atoms with Crippen LogP contribution >= 0.6 is 11.8 Å². The van der Waals surface area contributed by atoms with Crippen LogP contribution in [0.1, 0.15) is 19.4 Å². The number of benzene rings is 2. The number of nitrogens with zero attached hydrogens (tertiary/aromatic N) is 4. The number of non-ortho nitro benzene ring substituents is 1. The first-order valence-electron chi connectivity index (χ1n) is 9.11. The van der Waals surface area contributed by atoms with Gasteiger partial charge in [-0.1, -0.05) is 35.5 Å². The minimum atomic E-state index is -0.479. The largest absolute Gasteiger partial charge is 0.325 e. The third-order valence-corrected chi connectivity index (χ3v) is 5.39. The number of amides is 1. The van der Waals surface area contributed by atoms with Crippen molar-refractivity contribution < 1.29 is 9.72 Å². The number of nitro benzene ring substituents is 1. The molecule has 1 N–H and O–H groups in total. The highest BCUT2D eigenvalue weighted by Crippen LogP contribution is 2.28. The van der Waals surface area contributed by atoms with E-state index in [2.05, 4.69) is 21.6 Å². The van der Waals surface area contributed by atoms with Gasteiger partial charge in [-0.05, 0) is 39.0 Å². The summed E-state index contributed by atoms with van der Waals surface area (Å²) in [6.45, 7) is 6.49. The molecular formula is C20H21N5O3S. The minimum Gasteiger partial charge on any atom is -0.325 e. The van der Waals surface area contributed by atoms with Gasteiger partial charge in [0.15, 0.2) is 11.0 Å². The van der Waals surface area contributed by atoms with Crippen LogP contribution in [0.15, 0.2) is 53.7 Å². The zero-order valence-corrected chi connectivity index (χ0v) is 17.1. The predicted molar refractivity (Wildman–Crippen MR) is 113 cm³/mol. The Morgan fingerprint density at radius 2 is 1.97 bits per heavy atom. The van der Waals surface area contributed by atoms with E-state index in [1.807, 2.05) is 36.6 Å². The highest BCUT2D eigenvalue weighted by atomic mass is 32.2. The Bertz CT molecular complexity index is 1030. The van der Waals surface area contributed by atoms with Gasteiger partial charge in [-0.3, -0.25) is 14.9 Å². The Morgan fingerprint density at radius 3 is 2.59 bits per heavy atom. The third kappa shape index (κ3) is 4.80. The van der Waals surface area contributed by atoms with Gasteiger partial charge >= 0.3 is 0 Å². The first kappa shape index (κ1) is 20.5. The van der Waals surface area contributed by atoms with E-state index in [1.54, 1.807) is 6.92 Å². The third-order valence-electron chi connectivity index (χ3n) is 4.31. The van der Waals surface area contributed by atoms with Crippen molar-refractivity contribution in [3.05, 3.63) is 64.2 Å². The maximum absolute atomic E-state index is 12.5. The topological polar surface area (TPSA) is 103 Å². The summed E-state index contributed by atoms with van der Waals surface area (Å²) in [7, 11) is 0. The van der Waals surface area contributed by atoms with Gasteiger partial charge in [0, 0.05) is 29.9 Å². The van der Waals surface area contributed by atoms with Gasteiger partial charge in [0.25, 0.3) is 5.69 Å². The molecule has 0 aliphatic heterocycles. The summed E-state index contributed by atoms with van der Waals surface area (Å²) in [4.78, 5) is 22.8. The quantitative estimate of drug-likeness (QED) is 0.353. The molecule has 0 saturated carbocycles. The van der Waals surface area contributed by atoms with Crippen LogP contribution in [0, 0.1) is 17.0 Å². The van der Waals surface area contributed by atoms with Crippen LogP contribution in [0.2, 0.25) is 0 Å². The Hall–Kier alpha value is -3.20. The molecule has 1 heterocycles. The van der Waals surface area contributed by atoms with Crippen LogP contribution in [0.4, 0.5) is 11.4 Å². The number of nitro groups is 1. The molecule has 29 heavy (non-hydrogen) atoms. The number of hydrogen-bond donors (Lipinski definition) is 1. The number of anilines is 1. The zero-order chi connectivity index (χ0) is 21.0. The molecule has 9 heteroatoms. The minimum absolute atomic E-state index is 0.0230. The Kier molecular flexibility index (Phi) is 6.28. The molecule has 0 bridgehead atoms. The molecular weight excluding hydrogens is 390 g/mol. The molecule has 8 nitrogen and oxygen atoms in total. The fourth-order valence-corrected chi connectivity index (χ4v) is 3.69. The van der Waals surface area contributed by atoms with Gasteiger partial charge in [0.2, 0.25) is 5.91 Å². The number of nitrogens with one attached hydrogen (secondary N) is 1. The van der Waals surface area contributed by atoms with Gasteiger partial charge in [0.05, 0.1) is 10.2 Å². The fourth-order valence-electron chi connectivity index (χ4n) is 2.78. The second-order valence-electron chi connectivity index (χ2n) is 6.47. The van der Waals surface area contributed by atoms with E-state index < -0.39 is 10.2 Å². The number of hydrogen-bond acceptors (Lipinski definition) is 6. The van der Waals surface area contributed by atoms with Crippen molar-refractivity contribution in [2.75, 3.05) is 5.32 Å². The number of aryl methyl sites for hydroxylation is 1. The van der Waals surface area contributed by atoms with Gasteiger partial charge in [-0.15, -0.1) is 10.2 Å². The van der Waals surface area contributed by atoms with Crippen molar-refractivity contribution in [2.24, 2.45) is 0 Å². The molecule has 0 aliphatic rings. The average Bonchev–Trinajstić information content (AvgIpc) is 3.10. The molecule has 0 fully saturated rings. The first-order chi connectivity index (χ1) is 13.9. The Balaban J connectivity index is 1.72. The van der Waals surface area contributed by atoms with E-state index in [0.29, 0.717) is 17.4 Å². The van der Waals surface area contributed by atoms with Crippen molar-refractivity contribution in [3.63, 3.8) is 0 Å². The lowest BCUT2D eigenvalue weighted by Gasteiger charge is -2.13. The first-order valence-corrected chi connectivity index (χ1v) is 9.99. The van der Waals surface area contributed by atoms with Gasteiger partial charge in [-0.25, -0.2) is 0 Å². The highest BCUT2D eigenvalue weighted by Gasteiger charge is 2.20. The lowest BCUT2D eigenvalue weighted by atomic mass is 10.1. The van der Waals surface area contributed by atoms with Gasteiger partial charge in [-0.2, -0.15) is 0 Å². The second-order valence-corrected chi connectivity index (χ2v) is 7.78. The van der Waals surface area contributed by atoms with Crippen molar-refractivity contribution in [1.29, 1.82) is 0 Å². The lowest BCUT2D eigenvalue weighted by Crippen LogP contribution is -2.22. The monoisotopic (exact) mass is 411 g/mol. The molecule has 150 valence electrons. The van der Waals surface area contributed by atoms with Crippen LogP contribution in [-0.2, 0) is 11.3 Å². The molecule has 0 spiro atoms. The summed E-state index contributed by atoms with van der Waals surface area (Å²) in [5, 5.41) is 22.3. The van der Waals surface area contributed by atoms with E-state index in [-0.39, 0.29) is 11.6 Å². The molecule has 0 aliphatic carbocycles. The van der Waals surface area contributed by atoms with Crippen molar-refractivity contribution in [3.8, 4) is 11.4 Å². The second kappa shape index (κ2) is 8.87. The maximum atomic E-state index is 12.5. The van der Waals surface area contributed by atoms with E-state index in [1.165, 1.54) is 36.0 Å². The SMILES string of the molecule is CCn1c(S[C@@H](C)C(=O)Nc2ccc([N+](=O)[O-])cc2)nnc1-c1cccc(C)c1. The van der Waals surface area contributed by atoms with E-state index in [4.69, 9.17) is 0 Å². The van der Waals surface area contributed by atoms with Crippen LogP contribution in [0.25, 0.3) is 11.4 Å². The molecule has 0 unspecified atom stereocenters. The van der Waals surface area contributed by atoms with Crippen molar-refractivity contribution >= 4 is 29.0 Å². The molecule has 1 aromatic heterocycles. The van der Waals surface area contributed by atoms with E-state index >= 15 is 0 Å². The number of carbonyl (C=O) groups is 1. The molecule has 0 saturated heterocycles. The standard InChI is InChI=1S/C20H21N5O3S/c1-4-24-18(15-7-5-6-13(2)12-15)22-23-20(24)29-14(3)19(26)21-16-8-10-17(11-9-16)25(27)28/h5-12,14H,4H2,1-3H3,(H,21,26)/t14-/m0/s1. The number of carbonyl (C=O) groups excluding carboxylic acids is 1. The lowest BCUT2D eigenvalue weighted by molar-refractivity contribution is -0.384. The van der Waals surface area contributed by atoms with Crippen LogP contribution < -0.4 is 5.32 Å². The molecule has 3 aromatic rings. The van der Waals surface area contributed by atoms with Crippen LogP contribution in [0.5, 0.6) is 0 Å². The summed E-state index contributed by atoms with van der Waals surface area (Å²) in [6.07, 6.45) is 0. The number of thioether (sulfide) groups is 1. The number of rotatable bonds is 7. The summed E-state index contributed by atoms with van der Waals surface area (Å²) < 4.78 is 1.98. The Morgan fingerprint density at radius 1 is 1.24 bits per heavy atom. The van der Waals surface area contributed by atoms with Crippen LogP contribution in [-0.4, -0.2) is 30.8 Å². The molecule has 0 radical (unpaired) electrons. The van der Waals surface area contributed by atoms with Crippen molar-refractivity contribution in [1.82, 2.24) is 14.8 Å². The highest BCUT2D eigenvalue weighted by molar-refractivity contribution is 8.00. The summed E-state index contributed by atoms with van der Waals surface area (Å²) in [6, 6.07) is 13.8. The molecule has 1 atom stereocenters. The molecule has 2 aromatic carbocycles. The van der Waals surface area contributed by atoms with E-state index in [9.17, 15) is 14.9 Å². The van der Waals surface area contributed by atoms with Crippen molar-refractivity contribution in [2.45, 2.75) is 37.7 Å². The molecule has 1 amide bonds. The number of aromatic nitrogens is 3. The summed E-state index contributed by atoms with van der Waals surface area (Å²) >= 11 is 1.32. The van der Waals surface area contributed by atoms with Gasteiger partial charge in [0.1, 0.15) is 0 Å². The summed E-state index contributed by atoms with van der Waals surface area (Å²) in [5.41, 5.74) is 2.60. The smallest absolute Gasteiger partial charge is 0.269 e. The predicted octanol–water partition coefficient (Wildman–Crippen LogP) is 4.30.